The molecule has 1 N–H and O–H groups in total. The smallest absolute Gasteiger partial charge is 0.261 e. The molecule has 7 nitrogen and oxygen atoms in total. The monoisotopic (exact) mass is 454 g/mol. The second kappa shape index (κ2) is 10.2. The average molecular weight is 455 g/mol. The van der Waals surface area contributed by atoms with Gasteiger partial charge in [-0.3, -0.25) is 9.52 Å². The molecule has 0 spiro atoms. The molecule has 0 aliphatic rings. The second-order valence-corrected chi connectivity index (χ2v) is 8.93. The Morgan fingerprint density at radius 1 is 0.906 bits per heavy atom. The Balaban J connectivity index is 1.58. The molecule has 32 heavy (non-hydrogen) atoms. The molecular weight excluding hydrogens is 428 g/mol. The number of nitrogens with zero attached hydrogens (tertiary/aromatic N) is 1. The van der Waals surface area contributed by atoms with Gasteiger partial charge in [0, 0.05) is 18.3 Å². The lowest BCUT2D eigenvalue weighted by molar-refractivity contribution is 0.0773. The molecule has 0 bridgehead atoms. The number of rotatable bonds is 9. The number of hydrogen-bond donors (Lipinski definition) is 1. The lowest BCUT2D eigenvalue weighted by Gasteiger charge is -2.18. The molecule has 8 heteroatoms. The minimum absolute atomic E-state index is 0.0650. The van der Waals surface area contributed by atoms with Crippen LogP contribution in [0.5, 0.6) is 11.5 Å². The first kappa shape index (κ1) is 23.1. The molecule has 168 valence electrons. The summed E-state index contributed by atoms with van der Waals surface area (Å²) in [7, 11) is -0.564. The molecule has 1 amide bonds. The molecule has 0 aliphatic carbocycles. The van der Waals surface area contributed by atoms with Gasteiger partial charge in [0.2, 0.25) is 0 Å². The maximum atomic E-state index is 12.6. The molecule has 0 aliphatic heterocycles. The standard InChI is InChI=1S/C24H26N2O5S/c1-18-4-10-22(11-5-18)31-17-16-26(2)24(27)19-6-14-23(15-7-19)32(28,29)25-20-8-12-21(30-3)13-9-20/h4-15,25H,16-17H2,1-3H3. The number of hydrogen-bond acceptors (Lipinski definition) is 5. The van der Waals surface area contributed by atoms with Crippen LogP contribution in [0.3, 0.4) is 0 Å². The Bertz CT molecular complexity index is 1140. The Morgan fingerprint density at radius 3 is 2.09 bits per heavy atom. The fourth-order valence-electron chi connectivity index (χ4n) is 2.91. The highest BCUT2D eigenvalue weighted by Crippen LogP contribution is 2.20. The Hall–Kier alpha value is -3.52. The van der Waals surface area contributed by atoms with Crippen LogP contribution >= 0.6 is 0 Å². The first-order valence-corrected chi connectivity index (χ1v) is 11.5. The van der Waals surface area contributed by atoms with Crippen molar-refractivity contribution in [1.29, 1.82) is 0 Å². The van der Waals surface area contributed by atoms with Crippen LogP contribution in [0.4, 0.5) is 5.69 Å². The molecule has 3 aromatic rings. The van der Waals surface area contributed by atoms with Gasteiger partial charge >= 0.3 is 0 Å². The van der Waals surface area contributed by atoms with Crippen molar-refractivity contribution in [2.75, 3.05) is 32.0 Å². The predicted molar refractivity (Wildman–Crippen MR) is 124 cm³/mol. The van der Waals surface area contributed by atoms with Crippen LogP contribution in [0.1, 0.15) is 15.9 Å². The highest BCUT2D eigenvalue weighted by molar-refractivity contribution is 7.92. The largest absolute Gasteiger partial charge is 0.497 e. The molecule has 0 heterocycles. The third-order valence-electron chi connectivity index (χ3n) is 4.82. The summed E-state index contributed by atoms with van der Waals surface area (Å²) < 4.78 is 38.5. The summed E-state index contributed by atoms with van der Waals surface area (Å²) in [5, 5.41) is 0. The zero-order chi connectivity index (χ0) is 23.1. The van der Waals surface area contributed by atoms with Crippen molar-refractivity contribution in [2.24, 2.45) is 0 Å². The van der Waals surface area contributed by atoms with Crippen molar-refractivity contribution < 1.29 is 22.7 Å². The molecule has 0 atom stereocenters. The van der Waals surface area contributed by atoms with Gasteiger partial charge < -0.3 is 14.4 Å². The summed E-state index contributed by atoms with van der Waals surface area (Å²) in [6, 6.07) is 20.1. The number of amides is 1. The Labute approximate surface area is 188 Å². The van der Waals surface area contributed by atoms with Crippen molar-refractivity contribution in [3.63, 3.8) is 0 Å². The maximum Gasteiger partial charge on any atom is 0.261 e. The maximum absolute atomic E-state index is 12.6. The lowest BCUT2D eigenvalue weighted by atomic mass is 10.2. The number of carbonyl (C=O) groups is 1. The summed E-state index contributed by atoms with van der Waals surface area (Å²) in [6.07, 6.45) is 0. The quantitative estimate of drug-likeness (QED) is 0.529. The number of aryl methyl sites for hydroxylation is 1. The molecule has 0 unspecified atom stereocenters. The Kier molecular flexibility index (Phi) is 7.37. The molecule has 0 fully saturated rings. The van der Waals surface area contributed by atoms with Gasteiger partial charge in [-0.2, -0.15) is 0 Å². The number of methoxy groups -OCH3 is 1. The molecule has 0 aromatic heterocycles. The summed E-state index contributed by atoms with van der Waals surface area (Å²) in [5.41, 5.74) is 1.96. The number of carbonyl (C=O) groups excluding carboxylic acids is 1. The van der Waals surface area contributed by atoms with E-state index in [9.17, 15) is 13.2 Å². The van der Waals surface area contributed by atoms with Crippen LogP contribution in [0.2, 0.25) is 0 Å². The summed E-state index contributed by atoms with van der Waals surface area (Å²) in [5.74, 6) is 1.16. The lowest BCUT2D eigenvalue weighted by Crippen LogP contribution is -2.30. The van der Waals surface area contributed by atoms with Gasteiger partial charge in [0.15, 0.2) is 0 Å². The zero-order valence-electron chi connectivity index (χ0n) is 18.2. The summed E-state index contributed by atoms with van der Waals surface area (Å²) in [6.45, 7) is 2.75. The van der Waals surface area contributed by atoms with E-state index in [4.69, 9.17) is 9.47 Å². The number of ether oxygens (including phenoxy) is 2. The zero-order valence-corrected chi connectivity index (χ0v) is 19.1. The minimum Gasteiger partial charge on any atom is -0.497 e. The first-order chi connectivity index (χ1) is 15.3. The van der Waals surface area contributed by atoms with E-state index in [1.54, 1.807) is 31.3 Å². The second-order valence-electron chi connectivity index (χ2n) is 7.25. The van der Waals surface area contributed by atoms with E-state index >= 15 is 0 Å². The fourth-order valence-corrected chi connectivity index (χ4v) is 3.97. The van der Waals surface area contributed by atoms with Crippen LogP contribution < -0.4 is 14.2 Å². The van der Waals surface area contributed by atoms with Gasteiger partial charge in [0.1, 0.15) is 18.1 Å². The van der Waals surface area contributed by atoms with E-state index in [2.05, 4.69) is 4.72 Å². The number of anilines is 1. The fraction of sp³-hybridized carbons (Fsp3) is 0.208. The van der Waals surface area contributed by atoms with E-state index < -0.39 is 10.0 Å². The van der Waals surface area contributed by atoms with E-state index in [0.29, 0.717) is 30.2 Å². The number of benzene rings is 3. The molecular formula is C24H26N2O5S. The SMILES string of the molecule is COc1ccc(NS(=O)(=O)c2ccc(C(=O)N(C)CCOc3ccc(C)cc3)cc2)cc1. The van der Waals surface area contributed by atoms with Crippen LogP contribution in [-0.2, 0) is 10.0 Å². The topological polar surface area (TPSA) is 84.9 Å². The Morgan fingerprint density at radius 2 is 1.50 bits per heavy atom. The number of nitrogens with one attached hydrogen (secondary N) is 1. The van der Waals surface area contributed by atoms with Crippen molar-refractivity contribution in [2.45, 2.75) is 11.8 Å². The number of sulfonamides is 1. The normalized spacial score (nSPS) is 11.0. The van der Waals surface area contributed by atoms with Gasteiger partial charge in [-0.1, -0.05) is 17.7 Å². The first-order valence-electron chi connectivity index (χ1n) is 10.0. The van der Waals surface area contributed by atoms with Crippen molar-refractivity contribution in [3.05, 3.63) is 83.9 Å². The minimum atomic E-state index is -3.78. The molecule has 0 radical (unpaired) electrons. The van der Waals surface area contributed by atoms with E-state index in [0.717, 1.165) is 11.3 Å². The van der Waals surface area contributed by atoms with Gasteiger partial charge in [-0.25, -0.2) is 8.42 Å². The van der Waals surface area contributed by atoms with Gasteiger partial charge in [-0.15, -0.1) is 0 Å². The number of likely N-dealkylation sites (N-methyl/N-ethyl adjacent to an activating group) is 1. The van der Waals surface area contributed by atoms with Crippen LogP contribution in [0.15, 0.2) is 77.7 Å². The van der Waals surface area contributed by atoms with Crippen LogP contribution in [0.25, 0.3) is 0 Å². The third kappa shape index (κ3) is 6.01. The van der Waals surface area contributed by atoms with Crippen LogP contribution in [0, 0.1) is 6.92 Å². The third-order valence-corrected chi connectivity index (χ3v) is 6.21. The van der Waals surface area contributed by atoms with Gasteiger partial charge in [0.25, 0.3) is 15.9 Å². The van der Waals surface area contributed by atoms with Crippen LogP contribution in [-0.4, -0.2) is 46.5 Å². The van der Waals surface area contributed by atoms with E-state index in [1.807, 2.05) is 31.2 Å². The molecule has 3 rings (SSSR count). The van der Waals surface area contributed by atoms with E-state index in [1.165, 1.54) is 36.3 Å². The highest BCUT2D eigenvalue weighted by Gasteiger charge is 2.17. The molecule has 3 aromatic carbocycles. The summed E-state index contributed by atoms with van der Waals surface area (Å²) >= 11 is 0. The van der Waals surface area contributed by atoms with Gasteiger partial charge in [0.05, 0.1) is 18.6 Å². The average Bonchev–Trinajstić information content (AvgIpc) is 2.80. The van der Waals surface area contributed by atoms with Crippen molar-refractivity contribution in [1.82, 2.24) is 4.90 Å². The predicted octanol–water partition coefficient (Wildman–Crippen LogP) is 3.96. The van der Waals surface area contributed by atoms with Crippen molar-refractivity contribution in [3.8, 4) is 11.5 Å². The highest BCUT2D eigenvalue weighted by atomic mass is 32.2. The van der Waals surface area contributed by atoms with Gasteiger partial charge in [-0.05, 0) is 67.6 Å². The summed E-state index contributed by atoms with van der Waals surface area (Å²) in [4.78, 5) is 14.2. The van der Waals surface area contributed by atoms with E-state index in [-0.39, 0.29) is 10.8 Å². The molecule has 0 saturated heterocycles. The van der Waals surface area contributed by atoms with Crippen molar-refractivity contribution >= 4 is 21.6 Å². The molecule has 0 saturated carbocycles.